The Balaban J connectivity index is 3.65. The van der Waals surface area contributed by atoms with E-state index in [0.717, 1.165) is 0 Å². The van der Waals surface area contributed by atoms with Crippen LogP contribution in [0.4, 0.5) is 4.79 Å². The summed E-state index contributed by atoms with van der Waals surface area (Å²) in [6.07, 6.45) is 0.683. The zero-order valence-electron chi connectivity index (χ0n) is 11.8. The molecule has 0 fully saturated rings. The molecule has 19 heavy (non-hydrogen) atoms. The summed E-state index contributed by atoms with van der Waals surface area (Å²) in [6, 6.07) is -1.56. The van der Waals surface area contributed by atoms with Crippen molar-refractivity contribution in [1.29, 1.82) is 0 Å². The summed E-state index contributed by atoms with van der Waals surface area (Å²) in [7, 11) is 1.38. The molecule has 0 aliphatic carbocycles. The quantitative estimate of drug-likeness (QED) is 0.503. The average molecular weight is 276 g/mol. The summed E-state index contributed by atoms with van der Waals surface area (Å²) >= 11 is 0. The fourth-order valence-corrected chi connectivity index (χ4v) is 1.25. The van der Waals surface area contributed by atoms with E-state index in [1.54, 1.807) is 0 Å². The van der Waals surface area contributed by atoms with Gasteiger partial charge in [0.1, 0.15) is 0 Å². The second kappa shape index (κ2) is 10.6. The van der Waals surface area contributed by atoms with E-state index in [9.17, 15) is 9.59 Å². The van der Waals surface area contributed by atoms with Gasteiger partial charge in [0.2, 0.25) is 0 Å². The number of nitrogens with one attached hydrogen (secondary N) is 2. The van der Waals surface area contributed by atoms with E-state index in [-0.39, 0.29) is 6.61 Å². The third-order valence-corrected chi connectivity index (χ3v) is 2.14. The lowest BCUT2D eigenvalue weighted by Crippen LogP contribution is -2.48. The number of hydrogen-bond donors (Lipinski definition) is 3. The SMILES string of the molecule is COCC(NC(=O)NCCCOCC(C)C)C(=O)O. The number of urea groups is 1. The highest BCUT2D eigenvalue weighted by Gasteiger charge is 2.19. The van der Waals surface area contributed by atoms with Crippen LogP contribution < -0.4 is 10.6 Å². The summed E-state index contributed by atoms with van der Waals surface area (Å²) in [5.74, 6) is -0.640. The molecule has 0 spiro atoms. The van der Waals surface area contributed by atoms with E-state index < -0.39 is 18.0 Å². The van der Waals surface area contributed by atoms with E-state index in [2.05, 4.69) is 24.5 Å². The molecule has 0 radical (unpaired) electrons. The molecule has 0 rings (SSSR count). The fraction of sp³-hybridized carbons (Fsp3) is 0.833. The molecule has 0 aliphatic heterocycles. The van der Waals surface area contributed by atoms with Gasteiger partial charge in [-0.25, -0.2) is 9.59 Å². The Kier molecular flexibility index (Phi) is 9.82. The minimum absolute atomic E-state index is 0.0692. The summed E-state index contributed by atoms with van der Waals surface area (Å²) in [6.45, 7) is 5.75. The first kappa shape index (κ1) is 17.7. The van der Waals surface area contributed by atoms with Gasteiger partial charge in [-0.15, -0.1) is 0 Å². The Morgan fingerprint density at radius 2 is 1.95 bits per heavy atom. The molecule has 0 heterocycles. The van der Waals surface area contributed by atoms with Crippen LogP contribution in [-0.2, 0) is 14.3 Å². The van der Waals surface area contributed by atoms with Gasteiger partial charge in [0.15, 0.2) is 6.04 Å². The number of carbonyl (C=O) groups is 2. The molecule has 0 aromatic rings. The molecule has 2 amide bonds. The molecule has 0 aromatic heterocycles. The van der Waals surface area contributed by atoms with E-state index in [4.69, 9.17) is 14.6 Å². The number of methoxy groups -OCH3 is 1. The van der Waals surface area contributed by atoms with Gasteiger partial charge in [-0.1, -0.05) is 13.8 Å². The maximum absolute atomic E-state index is 11.4. The molecule has 3 N–H and O–H groups in total. The van der Waals surface area contributed by atoms with Crippen molar-refractivity contribution in [3.8, 4) is 0 Å². The van der Waals surface area contributed by atoms with Crippen molar-refractivity contribution in [3.05, 3.63) is 0 Å². The lowest BCUT2D eigenvalue weighted by atomic mass is 10.2. The first-order chi connectivity index (χ1) is 8.97. The first-order valence-corrected chi connectivity index (χ1v) is 6.31. The maximum atomic E-state index is 11.4. The van der Waals surface area contributed by atoms with Gasteiger partial charge in [-0.05, 0) is 12.3 Å². The van der Waals surface area contributed by atoms with Gasteiger partial charge in [-0.2, -0.15) is 0 Å². The van der Waals surface area contributed by atoms with E-state index in [1.165, 1.54) is 7.11 Å². The highest BCUT2D eigenvalue weighted by molar-refractivity contribution is 5.82. The lowest BCUT2D eigenvalue weighted by Gasteiger charge is -2.14. The van der Waals surface area contributed by atoms with Crippen LogP contribution >= 0.6 is 0 Å². The molecule has 0 saturated heterocycles. The fourth-order valence-electron chi connectivity index (χ4n) is 1.25. The van der Waals surface area contributed by atoms with E-state index in [0.29, 0.717) is 32.1 Å². The number of carbonyl (C=O) groups excluding carboxylic acids is 1. The predicted octanol–water partition coefficient (Wildman–Crippen LogP) is 0.448. The standard InChI is InChI=1S/C12H24N2O5/c1-9(2)7-19-6-4-5-13-12(17)14-10(8-18-3)11(15)16/h9-10H,4-8H2,1-3H3,(H,15,16)(H2,13,14,17). The largest absolute Gasteiger partial charge is 0.480 e. The van der Waals surface area contributed by atoms with Crippen molar-refractivity contribution in [2.24, 2.45) is 5.92 Å². The molecule has 1 unspecified atom stereocenters. The number of carboxylic acid groups (broad SMARTS) is 1. The molecule has 7 nitrogen and oxygen atoms in total. The Morgan fingerprint density at radius 3 is 2.47 bits per heavy atom. The van der Waals surface area contributed by atoms with Crippen LogP contribution in [0, 0.1) is 5.92 Å². The highest BCUT2D eigenvalue weighted by atomic mass is 16.5. The van der Waals surface area contributed by atoms with Crippen LogP contribution in [0.15, 0.2) is 0 Å². The predicted molar refractivity (Wildman–Crippen MR) is 70.1 cm³/mol. The minimum atomic E-state index is -1.13. The number of rotatable bonds is 10. The van der Waals surface area contributed by atoms with Crippen molar-refractivity contribution >= 4 is 12.0 Å². The Labute approximate surface area is 113 Å². The zero-order chi connectivity index (χ0) is 14.7. The van der Waals surface area contributed by atoms with E-state index >= 15 is 0 Å². The summed E-state index contributed by atoms with van der Waals surface area (Å²) in [4.78, 5) is 22.2. The van der Waals surface area contributed by atoms with Crippen LogP contribution in [0.5, 0.6) is 0 Å². The molecule has 0 aromatic carbocycles. The van der Waals surface area contributed by atoms with Gasteiger partial charge >= 0.3 is 12.0 Å². The Hall–Kier alpha value is -1.34. The first-order valence-electron chi connectivity index (χ1n) is 6.31. The molecule has 112 valence electrons. The number of ether oxygens (including phenoxy) is 2. The third kappa shape index (κ3) is 10.3. The molecule has 0 bridgehead atoms. The van der Waals surface area contributed by atoms with Gasteiger partial charge in [0.25, 0.3) is 0 Å². The number of amides is 2. The monoisotopic (exact) mass is 276 g/mol. The van der Waals surface area contributed by atoms with Crippen molar-refractivity contribution in [2.75, 3.05) is 33.5 Å². The van der Waals surface area contributed by atoms with Gasteiger partial charge in [0.05, 0.1) is 6.61 Å². The van der Waals surface area contributed by atoms with Crippen molar-refractivity contribution in [2.45, 2.75) is 26.3 Å². The van der Waals surface area contributed by atoms with Gasteiger partial charge in [-0.3, -0.25) is 0 Å². The molecule has 0 saturated carbocycles. The molecular weight excluding hydrogens is 252 g/mol. The van der Waals surface area contributed by atoms with E-state index in [1.807, 2.05) is 0 Å². The van der Waals surface area contributed by atoms with Crippen molar-refractivity contribution in [3.63, 3.8) is 0 Å². The molecular formula is C12H24N2O5. The second-order valence-electron chi connectivity index (χ2n) is 4.57. The lowest BCUT2D eigenvalue weighted by molar-refractivity contribution is -0.140. The topological polar surface area (TPSA) is 96.9 Å². The summed E-state index contributed by atoms with van der Waals surface area (Å²) < 4.78 is 10.1. The number of carboxylic acids is 1. The molecule has 1 atom stereocenters. The Bertz CT molecular complexity index is 271. The van der Waals surface area contributed by atoms with Crippen LogP contribution in [-0.4, -0.2) is 56.6 Å². The minimum Gasteiger partial charge on any atom is -0.480 e. The van der Waals surface area contributed by atoms with Crippen molar-refractivity contribution < 1.29 is 24.2 Å². The third-order valence-electron chi connectivity index (χ3n) is 2.14. The van der Waals surface area contributed by atoms with Gasteiger partial charge in [0, 0.05) is 26.9 Å². The van der Waals surface area contributed by atoms with Crippen LogP contribution in [0.1, 0.15) is 20.3 Å². The molecule has 0 aliphatic rings. The average Bonchev–Trinajstić information content (AvgIpc) is 2.32. The van der Waals surface area contributed by atoms with Crippen LogP contribution in [0.25, 0.3) is 0 Å². The number of hydrogen-bond acceptors (Lipinski definition) is 4. The highest BCUT2D eigenvalue weighted by Crippen LogP contribution is 1.93. The summed E-state index contributed by atoms with van der Waals surface area (Å²) in [5.41, 5.74) is 0. The Morgan fingerprint density at radius 1 is 1.26 bits per heavy atom. The smallest absolute Gasteiger partial charge is 0.328 e. The van der Waals surface area contributed by atoms with Gasteiger partial charge < -0.3 is 25.2 Å². The summed E-state index contributed by atoms with van der Waals surface area (Å²) in [5, 5.41) is 13.7. The van der Waals surface area contributed by atoms with Crippen LogP contribution in [0.3, 0.4) is 0 Å². The maximum Gasteiger partial charge on any atom is 0.328 e. The van der Waals surface area contributed by atoms with Crippen LogP contribution in [0.2, 0.25) is 0 Å². The zero-order valence-corrected chi connectivity index (χ0v) is 11.8. The molecule has 7 heteroatoms. The van der Waals surface area contributed by atoms with Crippen molar-refractivity contribution in [1.82, 2.24) is 10.6 Å². The second-order valence-corrected chi connectivity index (χ2v) is 4.57. The number of aliphatic carboxylic acids is 1. The normalized spacial score (nSPS) is 12.2.